The molecule has 0 saturated heterocycles. The molecule has 0 unspecified atom stereocenters. The summed E-state index contributed by atoms with van der Waals surface area (Å²) in [6.07, 6.45) is 1.76. The van der Waals surface area contributed by atoms with E-state index in [1.54, 1.807) is 24.3 Å². The predicted molar refractivity (Wildman–Crippen MR) is 103 cm³/mol. The average Bonchev–Trinajstić information content (AvgIpc) is 3.05. The molecule has 5 heteroatoms. The zero-order chi connectivity index (χ0) is 18.4. The lowest BCUT2D eigenvalue weighted by atomic mass is 10.1. The van der Waals surface area contributed by atoms with Crippen LogP contribution >= 0.6 is 11.6 Å². The molecular weight excluding hydrogens is 348 g/mol. The topological polar surface area (TPSA) is 55.3 Å². The van der Waals surface area contributed by atoms with Gasteiger partial charge in [-0.1, -0.05) is 48.9 Å². The van der Waals surface area contributed by atoms with Gasteiger partial charge in [0.15, 0.2) is 5.70 Å². The second-order valence-corrected chi connectivity index (χ2v) is 6.57. The van der Waals surface area contributed by atoms with Gasteiger partial charge in [-0.15, -0.1) is 0 Å². The minimum atomic E-state index is -0.372. The molecule has 0 atom stereocenters. The highest BCUT2D eigenvalue weighted by Crippen LogP contribution is 2.21. The number of esters is 1. The van der Waals surface area contributed by atoms with Crippen LogP contribution in [0.3, 0.4) is 0 Å². The van der Waals surface area contributed by atoms with Gasteiger partial charge < -0.3 is 10.1 Å². The number of nitrogens with two attached hydrogens (primary N) is 1. The molecule has 1 aliphatic rings. The van der Waals surface area contributed by atoms with E-state index in [9.17, 15) is 4.79 Å². The summed E-state index contributed by atoms with van der Waals surface area (Å²) < 4.78 is 5.35. The van der Waals surface area contributed by atoms with Crippen LogP contribution in [0.15, 0.2) is 70.9 Å². The maximum atomic E-state index is 12.2. The molecule has 3 rings (SSSR count). The van der Waals surface area contributed by atoms with E-state index in [0.717, 1.165) is 37.1 Å². The fourth-order valence-corrected chi connectivity index (χ4v) is 2.97. The molecule has 2 N–H and O–H groups in total. The third kappa shape index (κ3) is 4.59. The second-order valence-electron chi connectivity index (χ2n) is 6.14. The van der Waals surface area contributed by atoms with E-state index in [1.807, 2.05) is 13.0 Å². The quantitative estimate of drug-likeness (QED) is 0.463. The lowest BCUT2D eigenvalue weighted by Crippen LogP contribution is -2.85. The minimum Gasteiger partial charge on any atom is -0.402 e. The van der Waals surface area contributed by atoms with Crippen molar-refractivity contribution in [2.45, 2.75) is 19.8 Å². The Kier molecular flexibility index (Phi) is 6.21. The molecule has 134 valence electrons. The maximum Gasteiger partial charge on any atom is 0.364 e. The molecule has 4 nitrogen and oxygen atoms in total. The summed E-state index contributed by atoms with van der Waals surface area (Å²) in [6, 6.07) is 17.5. The van der Waals surface area contributed by atoms with Crippen LogP contribution in [0.4, 0.5) is 0 Å². The van der Waals surface area contributed by atoms with Crippen molar-refractivity contribution in [2.75, 3.05) is 13.1 Å². The van der Waals surface area contributed by atoms with E-state index in [2.05, 4.69) is 34.6 Å². The Balaban J connectivity index is 1.65. The summed E-state index contributed by atoms with van der Waals surface area (Å²) in [4.78, 5) is 16.7. The molecule has 0 fully saturated rings. The summed E-state index contributed by atoms with van der Waals surface area (Å²) in [5.41, 5.74) is 3.51. The number of carbonyl (C=O) groups excluding carboxylic acids is 1. The van der Waals surface area contributed by atoms with E-state index < -0.39 is 0 Å². The van der Waals surface area contributed by atoms with Crippen LogP contribution in [0.1, 0.15) is 24.5 Å². The van der Waals surface area contributed by atoms with Crippen LogP contribution < -0.4 is 5.32 Å². The number of aliphatic imine (C=N–C) groups is 1. The number of halogens is 1. The Labute approximate surface area is 158 Å². The molecule has 0 bridgehead atoms. The molecule has 0 aliphatic carbocycles. The number of nitrogens with zero attached hydrogens (tertiary/aromatic N) is 1. The van der Waals surface area contributed by atoms with Gasteiger partial charge in [0.2, 0.25) is 5.90 Å². The SMILES string of the molecule is CC/C(C[NH2+]CCc1ccccc1)=C1/N=C(c2ccc(Cl)cc2)OC1=O. The van der Waals surface area contributed by atoms with Crippen molar-refractivity contribution in [1.29, 1.82) is 0 Å². The van der Waals surface area contributed by atoms with Crippen molar-refractivity contribution in [3.63, 3.8) is 0 Å². The van der Waals surface area contributed by atoms with Gasteiger partial charge in [-0.25, -0.2) is 9.79 Å². The van der Waals surface area contributed by atoms with Crippen molar-refractivity contribution < 1.29 is 14.8 Å². The third-order valence-corrected chi connectivity index (χ3v) is 4.57. The predicted octanol–water partition coefficient (Wildman–Crippen LogP) is 3.11. The van der Waals surface area contributed by atoms with Crippen molar-refractivity contribution in [3.05, 3.63) is 82.0 Å². The fraction of sp³-hybridized carbons (Fsp3) is 0.238. The van der Waals surface area contributed by atoms with Crippen molar-refractivity contribution in [3.8, 4) is 0 Å². The molecule has 2 aromatic carbocycles. The van der Waals surface area contributed by atoms with Crippen molar-refractivity contribution in [2.24, 2.45) is 4.99 Å². The highest BCUT2D eigenvalue weighted by atomic mass is 35.5. The molecule has 2 aromatic rings. The van der Waals surface area contributed by atoms with Crippen LogP contribution in [0.25, 0.3) is 0 Å². The molecule has 26 heavy (non-hydrogen) atoms. The number of benzene rings is 2. The molecule has 0 radical (unpaired) electrons. The highest BCUT2D eigenvalue weighted by molar-refractivity contribution is 6.30. The molecule has 1 heterocycles. The number of rotatable bonds is 7. The largest absolute Gasteiger partial charge is 0.402 e. The number of hydrogen-bond donors (Lipinski definition) is 1. The standard InChI is InChI=1S/C21H21ClN2O2/c1-2-16(14-23-13-12-15-6-4-3-5-7-15)19-21(25)26-20(24-19)17-8-10-18(22)11-9-17/h3-11,23H,2,12-14H2,1H3/p+1/b19-16-. The molecule has 0 saturated carbocycles. The summed E-state index contributed by atoms with van der Waals surface area (Å²) in [7, 11) is 0. The van der Waals surface area contributed by atoms with Crippen LogP contribution in [0, 0.1) is 0 Å². The zero-order valence-electron chi connectivity index (χ0n) is 14.7. The number of quaternary nitrogens is 1. The van der Waals surface area contributed by atoms with Gasteiger partial charge in [0, 0.05) is 22.6 Å². The number of cyclic esters (lactones) is 1. The van der Waals surface area contributed by atoms with Crippen molar-refractivity contribution >= 4 is 23.5 Å². The summed E-state index contributed by atoms with van der Waals surface area (Å²) >= 11 is 5.90. The first-order valence-corrected chi connectivity index (χ1v) is 9.19. The Hall–Kier alpha value is -2.43. The minimum absolute atomic E-state index is 0.344. The smallest absolute Gasteiger partial charge is 0.364 e. The molecule has 1 aliphatic heterocycles. The van der Waals surface area contributed by atoms with Gasteiger partial charge in [-0.05, 0) is 36.2 Å². The highest BCUT2D eigenvalue weighted by Gasteiger charge is 2.27. The maximum absolute atomic E-state index is 12.2. The van der Waals surface area contributed by atoms with Crippen LogP contribution in [0.2, 0.25) is 5.02 Å². The van der Waals surface area contributed by atoms with E-state index in [-0.39, 0.29) is 5.97 Å². The lowest BCUT2D eigenvalue weighted by molar-refractivity contribution is -0.647. The Morgan fingerprint density at radius 1 is 1.12 bits per heavy atom. The van der Waals surface area contributed by atoms with Crippen LogP contribution in [-0.4, -0.2) is 25.0 Å². The van der Waals surface area contributed by atoms with Crippen LogP contribution in [0.5, 0.6) is 0 Å². The third-order valence-electron chi connectivity index (χ3n) is 4.32. The van der Waals surface area contributed by atoms with E-state index in [4.69, 9.17) is 16.3 Å². The number of hydrogen-bond acceptors (Lipinski definition) is 3. The number of ether oxygens (including phenoxy) is 1. The first-order chi connectivity index (χ1) is 12.7. The zero-order valence-corrected chi connectivity index (χ0v) is 15.5. The van der Waals surface area contributed by atoms with Crippen molar-refractivity contribution in [1.82, 2.24) is 0 Å². The average molecular weight is 370 g/mol. The lowest BCUT2D eigenvalue weighted by Gasteiger charge is -2.05. The summed E-state index contributed by atoms with van der Waals surface area (Å²) in [5.74, 6) is -0.0276. The summed E-state index contributed by atoms with van der Waals surface area (Å²) in [5, 5.41) is 2.85. The molecule has 0 amide bonds. The Morgan fingerprint density at radius 2 is 1.85 bits per heavy atom. The van der Waals surface area contributed by atoms with Gasteiger partial charge in [0.25, 0.3) is 0 Å². The van der Waals surface area contributed by atoms with Gasteiger partial charge in [-0.2, -0.15) is 0 Å². The number of carbonyl (C=O) groups is 1. The van der Waals surface area contributed by atoms with Crippen LogP contribution in [-0.2, 0) is 16.0 Å². The molecule has 0 spiro atoms. The second kappa shape index (κ2) is 8.79. The first-order valence-electron chi connectivity index (χ1n) is 8.81. The fourth-order valence-electron chi connectivity index (χ4n) is 2.84. The normalized spacial score (nSPS) is 15.6. The van der Waals surface area contributed by atoms with E-state index in [1.165, 1.54) is 5.56 Å². The van der Waals surface area contributed by atoms with Gasteiger partial charge in [0.1, 0.15) is 0 Å². The van der Waals surface area contributed by atoms with E-state index in [0.29, 0.717) is 16.6 Å². The monoisotopic (exact) mass is 369 g/mol. The van der Waals surface area contributed by atoms with Gasteiger partial charge in [0.05, 0.1) is 13.1 Å². The molecule has 0 aromatic heterocycles. The summed E-state index contributed by atoms with van der Waals surface area (Å²) in [6.45, 7) is 3.74. The Morgan fingerprint density at radius 3 is 2.54 bits per heavy atom. The van der Waals surface area contributed by atoms with Gasteiger partial charge in [-0.3, -0.25) is 0 Å². The first kappa shape index (κ1) is 18.4. The Bertz CT molecular complexity index is 827. The van der Waals surface area contributed by atoms with Gasteiger partial charge >= 0.3 is 5.97 Å². The molecular formula is C21H22ClN2O2+. The van der Waals surface area contributed by atoms with E-state index >= 15 is 0 Å².